The zero-order chi connectivity index (χ0) is 20.1. The Bertz CT molecular complexity index is 1150. The molecule has 0 fully saturated rings. The molecule has 1 heterocycles. The molecular formula is C20H20N4O3S. The SMILES string of the molecule is CS(=O)(=O)N(CC(=O)NCCc1c[nH]c2ccccc12)c1ccccc1C#N. The highest BCUT2D eigenvalue weighted by atomic mass is 32.2. The second kappa shape index (κ2) is 8.15. The van der Waals surface area contributed by atoms with Crippen LogP contribution in [0.2, 0.25) is 0 Å². The molecule has 0 saturated heterocycles. The van der Waals surface area contributed by atoms with E-state index in [2.05, 4.69) is 10.3 Å². The molecule has 28 heavy (non-hydrogen) atoms. The number of carbonyl (C=O) groups excluding carboxylic acids is 1. The van der Waals surface area contributed by atoms with E-state index in [9.17, 15) is 18.5 Å². The molecule has 0 aliphatic heterocycles. The highest BCUT2D eigenvalue weighted by molar-refractivity contribution is 7.92. The standard InChI is InChI=1S/C20H20N4O3S/c1-28(26,27)24(19-9-5-2-6-15(19)12-21)14-20(25)22-11-10-16-13-23-18-8-4-3-7-17(16)18/h2-9,13,23H,10-11,14H2,1H3,(H,22,25). The molecule has 0 aliphatic rings. The van der Waals surface area contributed by atoms with Crippen molar-refractivity contribution in [3.63, 3.8) is 0 Å². The van der Waals surface area contributed by atoms with Gasteiger partial charge in [-0.2, -0.15) is 5.26 Å². The molecule has 3 rings (SSSR count). The Morgan fingerprint density at radius 3 is 2.64 bits per heavy atom. The third kappa shape index (κ3) is 4.32. The number of H-pyrrole nitrogens is 1. The minimum absolute atomic E-state index is 0.194. The largest absolute Gasteiger partial charge is 0.361 e. The lowest BCUT2D eigenvalue weighted by molar-refractivity contribution is -0.119. The highest BCUT2D eigenvalue weighted by Gasteiger charge is 2.23. The molecule has 0 saturated carbocycles. The minimum atomic E-state index is -3.73. The van der Waals surface area contributed by atoms with Crippen molar-refractivity contribution >= 4 is 32.5 Å². The number of sulfonamides is 1. The summed E-state index contributed by atoms with van der Waals surface area (Å²) in [6.45, 7) is -0.0103. The Balaban J connectivity index is 1.67. The van der Waals surface area contributed by atoms with Crippen molar-refractivity contribution in [2.45, 2.75) is 6.42 Å². The second-order valence-electron chi connectivity index (χ2n) is 6.36. The summed E-state index contributed by atoms with van der Waals surface area (Å²) in [6, 6.07) is 16.1. The van der Waals surface area contributed by atoms with Crippen LogP contribution in [0.1, 0.15) is 11.1 Å². The molecule has 0 bridgehead atoms. The van der Waals surface area contributed by atoms with Gasteiger partial charge < -0.3 is 10.3 Å². The molecular weight excluding hydrogens is 376 g/mol. The van der Waals surface area contributed by atoms with Crippen molar-refractivity contribution in [3.05, 3.63) is 65.9 Å². The van der Waals surface area contributed by atoms with Gasteiger partial charge in [-0.3, -0.25) is 9.10 Å². The summed E-state index contributed by atoms with van der Waals surface area (Å²) in [5.74, 6) is -0.432. The first-order valence-electron chi connectivity index (χ1n) is 8.68. The van der Waals surface area contributed by atoms with E-state index in [1.54, 1.807) is 12.1 Å². The summed E-state index contributed by atoms with van der Waals surface area (Å²) in [4.78, 5) is 15.5. The van der Waals surface area contributed by atoms with E-state index in [-0.39, 0.29) is 17.8 Å². The molecule has 2 aromatic carbocycles. The lowest BCUT2D eigenvalue weighted by Gasteiger charge is -2.22. The fraction of sp³-hybridized carbons (Fsp3) is 0.200. The first kappa shape index (κ1) is 19.5. The maximum Gasteiger partial charge on any atom is 0.240 e. The van der Waals surface area contributed by atoms with Crippen LogP contribution < -0.4 is 9.62 Å². The Labute approximate surface area is 163 Å². The van der Waals surface area contributed by atoms with E-state index < -0.39 is 15.9 Å². The van der Waals surface area contributed by atoms with Crippen LogP contribution in [-0.4, -0.2) is 38.7 Å². The van der Waals surface area contributed by atoms with Crippen LogP contribution in [0, 0.1) is 11.3 Å². The van der Waals surface area contributed by atoms with E-state index >= 15 is 0 Å². The summed E-state index contributed by atoms with van der Waals surface area (Å²) in [6.07, 6.45) is 3.53. The first-order chi connectivity index (χ1) is 13.4. The summed E-state index contributed by atoms with van der Waals surface area (Å²) >= 11 is 0. The molecule has 144 valence electrons. The van der Waals surface area contributed by atoms with Crippen LogP contribution in [0.5, 0.6) is 0 Å². The summed E-state index contributed by atoms with van der Waals surface area (Å²) in [5.41, 5.74) is 2.49. The number of benzene rings is 2. The minimum Gasteiger partial charge on any atom is -0.361 e. The molecule has 1 aromatic heterocycles. The van der Waals surface area contributed by atoms with Crippen LogP contribution >= 0.6 is 0 Å². The van der Waals surface area contributed by atoms with Gasteiger partial charge in [0.2, 0.25) is 15.9 Å². The smallest absolute Gasteiger partial charge is 0.240 e. The normalized spacial score (nSPS) is 11.1. The Hall–Kier alpha value is -3.31. The third-order valence-corrected chi connectivity index (χ3v) is 5.50. The number of aromatic amines is 1. The average molecular weight is 396 g/mol. The van der Waals surface area contributed by atoms with Crippen LogP contribution in [-0.2, 0) is 21.2 Å². The molecule has 1 amide bonds. The van der Waals surface area contributed by atoms with Crippen molar-refractivity contribution in [1.29, 1.82) is 5.26 Å². The number of para-hydroxylation sites is 2. The number of carbonyl (C=O) groups is 1. The van der Waals surface area contributed by atoms with E-state index in [1.807, 2.05) is 36.5 Å². The average Bonchev–Trinajstić information content (AvgIpc) is 3.08. The zero-order valence-electron chi connectivity index (χ0n) is 15.3. The van der Waals surface area contributed by atoms with E-state index in [0.717, 1.165) is 27.0 Å². The van der Waals surface area contributed by atoms with Gasteiger partial charge in [0.15, 0.2) is 0 Å². The summed E-state index contributed by atoms with van der Waals surface area (Å²) in [5, 5.41) is 13.1. The van der Waals surface area contributed by atoms with Gasteiger partial charge in [-0.15, -0.1) is 0 Å². The maximum absolute atomic E-state index is 12.4. The monoisotopic (exact) mass is 396 g/mol. The second-order valence-corrected chi connectivity index (χ2v) is 8.26. The van der Waals surface area contributed by atoms with E-state index in [1.165, 1.54) is 12.1 Å². The van der Waals surface area contributed by atoms with Crippen LogP contribution in [0.15, 0.2) is 54.7 Å². The van der Waals surface area contributed by atoms with Crippen molar-refractivity contribution in [1.82, 2.24) is 10.3 Å². The lowest BCUT2D eigenvalue weighted by atomic mass is 10.1. The number of nitrogens with zero attached hydrogens (tertiary/aromatic N) is 2. The van der Waals surface area contributed by atoms with Gasteiger partial charge in [0, 0.05) is 23.6 Å². The van der Waals surface area contributed by atoms with Crippen LogP contribution in [0.25, 0.3) is 10.9 Å². The molecule has 7 nitrogen and oxygen atoms in total. The predicted octanol–water partition coefficient (Wildman–Crippen LogP) is 2.16. The number of fused-ring (bicyclic) bond motifs is 1. The number of nitrogens with one attached hydrogen (secondary N) is 2. The van der Waals surface area contributed by atoms with Crippen LogP contribution in [0.4, 0.5) is 5.69 Å². The topological polar surface area (TPSA) is 106 Å². The number of amides is 1. The Kier molecular flexibility index (Phi) is 5.66. The predicted molar refractivity (Wildman–Crippen MR) is 108 cm³/mol. The number of rotatable bonds is 7. The molecule has 0 radical (unpaired) electrons. The fourth-order valence-corrected chi connectivity index (χ4v) is 3.90. The molecule has 0 unspecified atom stereocenters. The van der Waals surface area contributed by atoms with Gasteiger partial charge in [0.25, 0.3) is 0 Å². The van der Waals surface area contributed by atoms with E-state index in [0.29, 0.717) is 13.0 Å². The number of hydrogen-bond acceptors (Lipinski definition) is 4. The van der Waals surface area contributed by atoms with E-state index in [4.69, 9.17) is 0 Å². The van der Waals surface area contributed by atoms with Gasteiger partial charge in [0.05, 0.1) is 17.5 Å². The van der Waals surface area contributed by atoms with Gasteiger partial charge in [0.1, 0.15) is 12.6 Å². The summed E-state index contributed by atoms with van der Waals surface area (Å²) in [7, 11) is -3.73. The van der Waals surface area contributed by atoms with Gasteiger partial charge in [-0.25, -0.2) is 8.42 Å². The van der Waals surface area contributed by atoms with Gasteiger partial charge in [-0.1, -0.05) is 30.3 Å². The molecule has 3 aromatic rings. The molecule has 0 spiro atoms. The van der Waals surface area contributed by atoms with Crippen molar-refractivity contribution in [2.24, 2.45) is 0 Å². The Morgan fingerprint density at radius 2 is 1.89 bits per heavy atom. The molecule has 0 aliphatic carbocycles. The first-order valence-corrected chi connectivity index (χ1v) is 10.5. The van der Waals surface area contributed by atoms with Gasteiger partial charge >= 0.3 is 0 Å². The zero-order valence-corrected chi connectivity index (χ0v) is 16.2. The van der Waals surface area contributed by atoms with Crippen LogP contribution in [0.3, 0.4) is 0 Å². The van der Waals surface area contributed by atoms with Crippen molar-refractivity contribution in [3.8, 4) is 6.07 Å². The number of aromatic nitrogens is 1. The van der Waals surface area contributed by atoms with Gasteiger partial charge in [-0.05, 0) is 30.2 Å². The Morgan fingerprint density at radius 1 is 1.18 bits per heavy atom. The lowest BCUT2D eigenvalue weighted by Crippen LogP contribution is -2.41. The molecule has 8 heteroatoms. The van der Waals surface area contributed by atoms with Crippen molar-refractivity contribution < 1.29 is 13.2 Å². The quantitative estimate of drug-likeness (QED) is 0.638. The number of nitriles is 1. The maximum atomic E-state index is 12.4. The molecule has 2 N–H and O–H groups in total. The molecule has 0 atom stereocenters. The summed E-state index contributed by atoms with van der Waals surface area (Å²) < 4.78 is 25.3. The fourth-order valence-electron chi connectivity index (χ4n) is 3.03. The highest BCUT2D eigenvalue weighted by Crippen LogP contribution is 2.22. The number of anilines is 1. The number of hydrogen-bond donors (Lipinski definition) is 2. The van der Waals surface area contributed by atoms with Crippen molar-refractivity contribution in [2.75, 3.05) is 23.7 Å². The third-order valence-electron chi connectivity index (χ3n) is 4.37.